The summed E-state index contributed by atoms with van der Waals surface area (Å²) in [7, 11) is 1.77. The Morgan fingerprint density at radius 1 is 1.30 bits per heavy atom. The number of benzene rings is 1. The maximum absolute atomic E-state index is 12.1. The molecule has 0 bridgehead atoms. The number of carbonyl (C=O) groups is 1. The highest BCUT2D eigenvalue weighted by molar-refractivity contribution is 5.81. The molecule has 0 aliphatic carbocycles. The smallest absolute Gasteiger partial charge is 0.239 e. The summed E-state index contributed by atoms with van der Waals surface area (Å²) in [5.41, 5.74) is 6.89. The first-order chi connectivity index (χ1) is 9.49. The highest BCUT2D eigenvalue weighted by Crippen LogP contribution is 2.31. The summed E-state index contributed by atoms with van der Waals surface area (Å²) in [6.07, 6.45) is 0. The van der Waals surface area contributed by atoms with E-state index in [2.05, 4.69) is 0 Å². The minimum Gasteiger partial charge on any atom is -0.486 e. The lowest BCUT2D eigenvalue weighted by molar-refractivity contribution is -0.132. The Bertz CT molecular complexity index is 488. The standard InChI is InChI=1S/C15H22N2O3/c1-10(2)14(16)15(18)17(3)9-11-4-5-12-13(8-11)20-7-6-19-12/h4-5,8,10,14H,6-7,9,16H2,1-3H3/t14-/m0/s1. The monoisotopic (exact) mass is 278 g/mol. The molecule has 2 N–H and O–H groups in total. The van der Waals surface area contributed by atoms with Crippen LogP contribution >= 0.6 is 0 Å². The molecule has 5 heteroatoms. The third-order valence-corrected chi connectivity index (χ3v) is 3.41. The van der Waals surface area contributed by atoms with Gasteiger partial charge in [-0.25, -0.2) is 0 Å². The van der Waals surface area contributed by atoms with E-state index in [4.69, 9.17) is 15.2 Å². The molecule has 1 atom stereocenters. The lowest BCUT2D eigenvalue weighted by Gasteiger charge is -2.24. The van der Waals surface area contributed by atoms with Gasteiger partial charge in [-0.1, -0.05) is 19.9 Å². The molecule has 0 aromatic heterocycles. The zero-order valence-corrected chi connectivity index (χ0v) is 12.3. The third kappa shape index (κ3) is 3.22. The van der Waals surface area contributed by atoms with Gasteiger partial charge in [0.2, 0.25) is 5.91 Å². The SMILES string of the molecule is CC(C)[C@H](N)C(=O)N(C)Cc1ccc2c(c1)OCCO2. The van der Waals surface area contributed by atoms with Crippen molar-refractivity contribution in [3.8, 4) is 11.5 Å². The Morgan fingerprint density at radius 3 is 2.60 bits per heavy atom. The molecule has 0 fully saturated rings. The summed E-state index contributed by atoms with van der Waals surface area (Å²) in [6.45, 7) is 5.54. The molecule has 1 heterocycles. The fourth-order valence-corrected chi connectivity index (χ4v) is 2.08. The zero-order chi connectivity index (χ0) is 14.7. The van der Waals surface area contributed by atoms with Crippen molar-refractivity contribution >= 4 is 5.91 Å². The van der Waals surface area contributed by atoms with Gasteiger partial charge in [-0.2, -0.15) is 0 Å². The lowest BCUT2D eigenvalue weighted by atomic mass is 10.0. The van der Waals surface area contributed by atoms with E-state index in [0.29, 0.717) is 19.8 Å². The van der Waals surface area contributed by atoms with E-state index in [0.717, 1.165) is 17.1 Å². The topological polar surface area (TPSA) is 64.8 Å². The Hall–Kier alpha value is -1.75. The number of likely N-dealkylation sites (N-methyl/N-ethyl adjacent to an activating group) is 1. The quantitative estimate of drug-likeness (QED) is 0.904. The van der Waals surface area contributed by atoms with Gasteiger partial charge in [0, 0.05) is 13.6 Å². The predicted octanol–water partition coefficient (Wildman–Crippen LogP) is 1.40. The number of nitrogens with two attached hydrogens (primary N) is 1. The van der Waals surface area contributed by atoms with E-state index in [1.165, 1.54) is 0 Å². The number of hydrogen-bond acceptors (Lipinski definition) is 4. The largest absolute Gasteiger partial charge is 0.486 e. The average molecular weight is 278 g/mol. The van der Waals surface area contributed by atoms with Crippen molar-refractivity contribution < 1.29 is 14.3 Å². The second-order valence-corrected chi connectivity index (χ2v) is 5.44. The molecular formula is C15H22N2O3. The second-order valence-electron chi connectivity index (χ2n) is 5.44. The predicted molar refractivity (Wildman–Crippen MR) is 76.7 cm³/mol. The molecule has 1 amide bonds. The number of carbonyl (C=O) groups excluding carboxylic acids is 1. The first-order valence-electron chi connectivity index (χ1n) is 6.88. The van der Waals surface area contributed by atoms with E-state index in [-0.39, 0.29) is 11.8 Å². The molecule has 20 heavy (non-hydrogen) atoms. The molecular weight excluding hydrogens is 256 g/mol. The first-order valence-corrected chi connectivity index (χ1v) is 6.88. The Balaban J connectivity index is 2.04. The Morgan fingerprint density at radius 2 is 1.95 bits per heavy atom. The van der Waals surface area contributed by atoms with E-state index in [1.807, 2.05) is 32.0 Å². The molecule has 1 aromatic carbocycles. The van der Waals surface area contributed by atoms with E-state index >= 15 is 0 Å². The summed E-state index contributed by atoms with van der Waals surface area (Å²) in [6, 6.07) is 5.28. The molecule has 1 aliphatic rings. The van der Waals surface area contributed by atoms with Gasteiger partial charge in [0.1, 0.15) is 13.2 Å². The van der Waals surface area contributed by atoms with Crippen LogP contribution in [0.5, 0.6) is 11.5 Å². The molecule has 0 radical (unpaired) electrons. The fraction of sp³-hybridized carbons (Fsp3) is 0.533. The van der Waals surface area contributed by atoms with Crippen molar-refractivity contribution in [1.29, 1.82) is 0 Å². The van der Waals surface area contributed by atoms with E-state index in [1.54, 1.807) is 11.9 Å². The van der Waals surface area contributed by atoms with Crippen LogP contribution in [0.25, 0.3) is 0 Å². The minimum absolute atomic E-state index is 0.0464. The minimum atomic E-state index is -0.461. The van der Waals surface area contributed by atoms with Crippen LogP contribution in [-0.4, -0.2) is 37.1 Å². The maximum Gasteiger partial charge on any atom is 0.239 e. The van der Waals surface area contributed by atoms with Crippen LogP contribution in [0, 0.1) is 5.92 Å². The molecule has 110 valence electrons. The fourth-order valence-electron chi connectivity index (χ4n) is 2.08. The number of rotatable bonds is 4. The third-order valence-electron chi connectivity index (χ3n) is 3.41. The zero-order valence-electron chi connectivity index (χ0n) is 12.3. The lowest BCUT2D eigenvalue weighted by Crippen LogP contribution is -2.44. The van der Waals surface area contributed by atoms with Crippen LogP contribution in [0.2, 0.25) is 0 Å². The molecule has 1 aromatic rings. The Kier molecular flexibility index (Phi) is 4.49. The van der Waals surface area contributed by atoms with Crippen molar-refractivity contribution in [2.24, 2.45) is 11.7 Å². The van der Waals surface area contributed by atoms with Gasteiger partial charge >= 0.3 is 0 Å². The van der Waals surface area contributed by atoms with E-state index < -0.39 is 6.04 Å². The number of fused-ring (bicyclic) bond motifs is 1. The van der Waals surface area contributed by atoms with E-state index in [9.17, 15) is 4.79 Å². The van der Waals surface area contributed by atoms with Gasteiger partial charge in [-0.15, -0.1) is 0 Å². The number of ether oxygens (including phenoxy) is 2. The molecule has 0 spiro atoms. The van der Waals surface area contributed by atoms with Crippen molar-refractivity contribution in [2.75, 3.05) is 20.3 Å². The van der Waals surface area contributed by atoms with Crippen molar-refractivity contribution in [3.05, 3.63) is 23.8 Å². The van der Waals surface area contributed by atoms with Crippen LogP contribution in [0.4, 0.5) is 0 Å². The van der Waals surface area contributed by atoms with Crippen molar-refractivity contribution in [3.63, 3.8) is 0 Å². The second kappa shape index (κ2) is 6.13. The summed E-state index contributed by atoms with van der Waals surface area (Å²) >= 11 is 0. The molecule has 5 nitrogen and oxygen atoms in total. The van der Waals surface area contributed by atoms with Gasteiger partial charge in [0.05, 0.1) is 6.04 Å². The molecule has 2 rings (SSSR count). The molecule has 0 saturated carbocycles. The van der Waals surface area contributed by atoms with Crippen LogP contribution in [0.15, 0.2) is 18.2 Å². The normalized spacial score (nSPS) is 15.1. The molecule has 0 saturated heterocycles. The number of nitrogens with zero attached hydrogens (tertiary/aromatic N) is 1. The van der Waals surface area contributed by atoms with Gasteiger partial charge in [0.15, 0.2) is 11.5 Å². The van der Waals surface area contributed by atoms with Crippen LogP contribution in [-0.2, 0) is 11.3 Å². The maximum atomic E-state index is 12.1. The summed E-state index contributed by atoms with van der Waals surface area (Å²) < 4.78 is 11.0. The average Bonchev–Trinajstić information content (AvgIpc) is 2.45. The van der Waals surface area contributed by atoms with Gasteiger partial charge in [-0.05, 0) is 23.6 Å². The molecule has 1 aliphatic heterocycles. The Labute approximate surface area is 119 Å². The van der Waals surface area contributed by atoms with Gasteiger partial charge < -0.3 is 20.1 Å². The highest BCUT2D eigenvalue weighted by atomic mass is 16.6. The summed E-state index contributed by atoms with van der Waals surface area (Å²) in [4.78, 5) is 13.8. The number of hydrogen-bond donors (Lipinski definition) is 1. The molecule has 0 unspecified atom stereocenters. The summed E-state index contributed by atoms with van der Waals surface area (Å²) in [5, 5.41) is 0. The van der Waals surface area contributed by atoms with Crippen LogP contribution in [0.3, 0.4) is 0 Å². The van der Waals surface area contributed by atoms with Crippen molar-refractivity contribution in [2.45, 2.75) is 26.4 Å². The van der Waals surface area contributed by atoms with Crippen molar-refractivity contribution in [1.82, 2.24) is 4.90 Å². The van der Waals surface area contributed by atoms with Crippen LogP contribution < -0.4 is 15.2 Å². The first kappa shape index (κ1) is 14.7. The highest BCUT2D eigenvalue weighted by Gasteiger charge is 2.21. The van der Waals surface area contributed by atoms with Gasteiger partial charge in [0.25, 0.3) is 0 Å². The van der Waals surface area contributed by atoms with Gasteiger partial charge in [-0.3, -0.25) is 4.79 Å². The number of amides is 1. The summed E-state index contributed by atoms with van der Waals surface area (Å²) in [5.74, 6) is 1.58. The van der Waals surface area contributed by atoms with Crippen LogP contribution in [0.1, 0.15) is 19.4 Å².